The van der Waals surface area contributed by atoms with Crippen LogP contribution in [0.1, 0.15) is 20.8 Å². The molecule has 1 aliphatic rings. The predicted octanol–water partition coefficient (Wildman–Crippen LogP) is -0.855. The Morgan fingerprint density at radius 2 is 1.36 bits per heavy atom. The molecule has 1 fully saturated rings. The summed E-state index contributed by atoms with van der Waals surface area (Å²) in [5.41, 5.74) is 0. The van der Waals surface area contributed by atoms with Crippen LogP contribution in [0.2, 0.25) is 0 Å². The van der Waals surface area contributed by atoms with E-state index in [1.54, 1.807) is 0 Å². The van der Waals surface area contributed by atoms with Gasteiger partial charge in [-0.05, 0) is 0 Å². The maximum absolute atomic E-state index is 11.3. The van der Waals surface area contributed by atoms with Crippen molar-refractivity contribution in [1.82, 2.24) is 0 Å². The highest BCUT2D eigenvalue weighted by atomic mass is 16.7. The van der Waals surface area contributed by atoms with Crippen LogP contribution in [0, 0.1) is 0 Å². The summed E-state index contributed by atoms with van der Waals surface area (Å²) in [6.45, 7) is 2.96. The highest BCUT2D eigenvalue weighted by Crippen LogP contribution is 2.28. The van der Waals surface area contributed by atoms with Crippen LogP contribution in [0.3, 0.4) is 0 Å². The zero-order valence-electron chi connectivity index (χ0n) is 12.8. The summed E-state index contributed by atoms with van der Waals surface area (Å²) >= 11 is 0. The van der Waals surface area contributed by atoms with E-state index in [0.717, 1.165) is 20.8 Å². The summed E-state index contributed by atoms with van der Waals surface area (Å²) in [6.07, 6.45) is -5.52. The Morgan fingerprint density at radius 3 is 1.77 bits per heavy atom. The number of carbonyl (C=O) groups is 3. The number of ether oxygens (including phenoxy) is 5. The minimum Gasteiger partial charge on any atom is -0.456 e. The third-order valence-corrected chi connectivity index (χ3v) is 2.91. The van der Waals surface area contributed by atoms with Gasteiger partial charge in [-0.25, -0.2) is 0 Å². The lowest BCUT2D eigenvalue weighted by molar-refractivity contribution is -0.302. The van der Waals surface area contributed by atoms with E-state index in [9.17, 15) is 19.5 Å². The molecule has 1 saturated heterocycles. The zero-order chi connectivity index (χ0) is 16.9. The highest BCUT2D eigenvalue weighted by Gasteiger charge is 2.51. The largest absolute Gasteiger partial charge is 0.456 e. The molecule has 1 N–H and O–H groups in total. The lowest BCUT2D eigenvalue weighted by atomic mass is 9.98. The van der Waals surface area contributed by atoms with Crippen LogP contribution in [0.15, 0.2) is 0 Å². The lowest BCUT2D eigenvalue weighted by Crippen LogP contribution is -2.62. The van der Waals surface area contributed by atoms with Gasteiger partial charge in [0, 0.05) is 27.9 Å². The van der Waals surface area contributed by atoms with Crippen molar-refractivity contribution in [3.05, 3.63) is 0 Å². The fourth-order valence-corrected chi connectivity index (χ4v) is 2.19. The van der Waals surface area contributed by atoms with Crippen LogP contribution in [-0.2, 0) is 38.1 Å². The van der Waals surface area contributed by atoms with E-state index in [-0.39, 0.29) is 0 Å². The van der Waals surface area contributed by atoms with Crippen molar-refractivity contribution < 1.29 is 43.2 Å². The smallest absolute Gasteiger partial charge is 0.303 e. The number of aliphatic hydroxyl groups excluding tert-OH is 1. The van der Waals surface area contributed by atoms with Gasteiger partial charge in [0.05, 0.1) is 6.61 Å². The summed E-state index contributed by atoms with van der Waals surface area (Å²) in [5, 5.41) is 9.39. The Morgan fingerprint density at radius 1 is 0.909 bits per heavy atom. The molecule has 0 aromatic carbocycles. The van der Waals surface area contributed by atoms with Crippen molar-refractivity contribution in [2.45, 2.75) is 51.5 Å². The first-order valence-electron chi connectivity index (χ1n) is 6.61. The summed E-state index contributed by atoms with van der Waals surface area (Å²) in [7, 11) is 1.30. The molecule has 0 amide bonds. The van der Waals surface area contributed by atoms with Crippen LogP contribution >= 0.6 is 0 Å². The molecule has 0 aliphatic carbocycles. The molecular weight excluding hydrogens is 300 g/mol. The van der Waals surface area contributed by atoms with Gasteiger partial charge in [-0.3, -0.25) is 14.4 Å². The average molecular weight is 320 g/mol. The monoisotopic (exact) mass is 320 g/mol. The normalized spacial score (nSPS) is 31.2. The van der Waals surface area contributed by atoms with Gasteiger partial charge < -0.3 is 28.8 Å². The van der Waals surface area contributed by atoms with Crippen molar-refractivity contribution in [2.75, 3.05) is 13.7 Å². The summed E-state index contributed by atoms with van der Waals surface area (Å²) < 4.78 is 25.7. The molecule has 1 aliphatic heterocycles. The SMILES string of the molecule is COC1O[C@H](CO)[C@@H](OC(C)=O)[C@H](OC(C)=O)[C@H]1OC(C)=O. The molecule has 0 aromatic heterocycles. The van der Waals surface area contributed by atoms with Crippen LogP contribution in [0.4, 0.5) is 0 Å². The molecule has 9 nitrogen and oxygen atoms in total. The number of esters is 3. The van der Waals surface area contributed by atoms with Crippen LogP contribution < -0.4 is 0 Å². The number of aliphatic hydroxyl groups is 1. The summed E-state index contributed by atoms with van der Waals surface area (Å²) in [4.78, 5) is 33.8. The first-order chi connectivity index (χ1) is 10.3. The van der Waals surface area contributed by atoms with E-state index in [1.807, 2.05) is 0 Å². The summed E-state index contributed by atoms with van der Waals surface area (Å²) in [6, 6.07) is 0. The second-order valence-corrected chi connectivity index (χ2v) is 4.68. The van der Waals surface area contributed by atoms with Gasteiger partial charge in [0.1, 0.15) is 6.10 Å². The van der Waals surface area contributed by atoms with E-state index in [2.05, 4.69) is 0 Å². The molecule has 0 aromatic rings. The lowest BCUT2D eigenvalue weighted by Gasteiger charge is -2.43. The number of hydrogen-bond acceptors (Lipinski definition) is 9. The minimum atomic E-state index is -1.17. The van der Waals surface area contributed by atoms with Crippen LogP contribution in [0.25, 0.3) is 0 Å². The third kappa shape index (κ3) is 4.65. The van der Waals surface area contributed by atoms with E-state index in [4.69, 9.17) is 23.7 Å². The Kier molecular flexibility index (Phi) is 6.72. The zero-order valence-corrected chi connectivity index (χ0v) is 12.8. The molecule has 9 heteroatoms. The molecule has 0 spiro atoms. The Hall–Kier alpha value is -1.71. The van der Waals surface area contributed by atoms with Crippen molar-refractivity contribution in [1.29, 1.82) is 0 Å². The number of carbonyl (C=O) groups excluding carboxylic acids is 3. The van der Waals surface area contributed by atoms with Crippen LogP contribution in [0.5, 0.6) is 0 Å². The van der Waals surface area contributed by atoms with Gasteiger partial charge in [-0.15, -0.1) is 0 Å². The summed E-state index contributed by atoms with van der Waals surface area (Å²) in [5.74, 6) is -1.99. The first kappa shape index (κ1) is 18.3. The second kappa shape index (κ2) is 8.06. The maximum Gasteiger partial charge on any atom is 0.303 e. The van der Waals surface area contributed by atoms with Crippen molar-refractivity contribution in [3.8, 4) is 0 Å². The van der Waals surface area contributed by atoms with Gasteiger partial charge in [-0.1, -0.05) is 0 Å². The molecule has 126 valence electrons. The Balaban J connectivity index is 3.14. The average Bonchev–Trinajstić information content (AvgIpc) is 2.41. The minimum absolute atomic E-state index is 0.512. The van der Waals surface area contributed by atoms with Gasteiger partial charge in [0.15, 0.2) is 24.6 Å². The standard InChI is InChI=1S/C13H20O9/c1-6(15)19-10-9(5-14)22-13(18-4)12(21-8(3)17)11(10)20-7(2)16/h9-14H,5H2,1-4H3/t9-,10-,11+,12-,13?/m1/s1. The first-order valence-corrected chi connectivity index (χ1v) is 6.61. The van der Waals surface area contributed by atoms with Gasteiger partial charge in [0.2, 0.25) is 0 Å². The molecule has 1 heterocycles. The Labute approximate surface area is 127 Å². The molecule has 1 rings (SSSR count). The van der Waals surface area contributed by atoms with Crippen LogP contribution in [-0.4, -0.2) is 67.4 Å². The van der Waals surface area contributed by atoms with E-state index in [1.165, 1.54) is 7.11 Å². The highest BCUT2D eigenvalue weighted by molar-refractivity contribution is 5.68. The molecular formula is C13H20O9. The van der Waals surface area contributed by atoms with Crippen molar-refractivity contribution in [3.63, 3.8) is 0 Å². The van der Waals surface area contributed by atoms with Gasteiger partial charge in [-0.2, -0.15) is 0 Å². The van der Waals surface area contributed by atoms with Crippen molar-refractivity contribution >= 4 is 17.9 Å². The third-order valence-electron chi connectivity index (χ3n) is 2.91. The quantitative estimate of drug-likeness (QED) is 0.510. The number of rotatable bonds is 5. The Bertz CT molecular complexity index is 392. The van der Waals surface area contributed by atoms with E-state index in [0.29, 0.717) is 0 Å². The maximum atomic E-state index is 11.3. The molecule has 1 unspecified atom stereocenters. The molecule has 0 radical (unpaired) electrons. The molecule has 0 bridgehead atoms. The fourth-order valence-electron chi connectivity index (χ4n) is 2.19. The predicted molar refractivity (Wildman–Crippen MR) is 69.4 cm³/mol. The van der Waals surface area contributed by atoms with Gasteiger partial charge >= 0.3 is 17.9 Å². The topological polar surface area (TPSA) is 118 Å². The molecule has 0 saturated carbocycles. The van der Waals surface area contributed by atoms with Crippen molar-refractivity contribution in [2.24, 2.45) is 0 Å². The molecule has 5 atom stereocenters. The van der Waals surface area contributed by atoms with Gasteiger partial charge in [0.25, 0.3) is 0 Å². The van der Waals surface area contributed by atoms with E-state index < -0.39 is 55.2 Å². The fraction of sp³-hybridized carbons (Fsp3) is 0.769. The second-order valence-electron chi connectivity index (χ2n) is 4.68. The van der Waals surface area contributed by atoms with E-state index >= 15 is 0 Å². The number of hydrogen-bond donors (Lipinski definition) is 1. The molecule has 22 heavy (non-hydrogen) atoms. The number of methoxy groups -OCH3 is 1.